The van der Waals surface area contributed by atoms with Gasteiger partial charge in [-0.25, -0.2) is 14.8 Å². The molecule has 10 heteroatoms. The molecule has 3 aromatic heterocycles. The largest absolute Gasteiger partial charge is 0.463 e. The molecule has 2 N–H and O–H groups in total. The van der Waals surface area contributed by atoms with Gasteiger partial charge in [-0.2, -0.15) is 4.98 Å². The molecule has 0 aromatic carbocycles. The topological polar surface area (TPSA) is 123 Å². The molecule has 3 aromatic rings. The number of carbonyl (C=O) groups excluding carboxylic acids is 1. The minimum Gasteiger partial charge on any atom is -0.463 e. The summed E-state index contributed by atoms with van der Waals surface area (Å²) in [6.07, 6.45) is 6.38. The van der Waals surface area contributed by atoms with E-state index in [-0.39, 0.29) is 18.1 Å². The number of carbonyl (C=O) groups is 1. The minimum atomic E-state index is -1.19. The third-order valence-electron chi connectivity index (χ3n) is 6.30. The van der Waals surface area contributed by atoms with Crippen molar-refractivity contribution in [2.45, 2.75) is 86.0 Å². The van der Waals surface area contributed by atoms with E-state index >= 15 is 0 Å². The van der Waals surface area contributed by atoms with Crippen molar-refractivity contribution < 1.29 is 19.4 Å². The molecular weight excluding hydrogens is 508 g/mol. The number of ether oxygens (including phenoxy) is 2. The summed E-state index contributed by atoms with van der Waals surface area (Å²) in [6, 6.07) is 7.41. The Labute approximate surface area is 237 Å². The van der Waals surface area contributed by atoms with Crippen molar-refractivity contribution in [3.05, 3.63) is 53.5 Å². The first-order valence-corrected chi connectivity index (χ1v) is 13.9. The molecule has 40 heavy (non-hydrogen) atoms. The van der Waals surface area contributed by atoms with Gasteiger partial charge in [-0.15, -0.1) is 0 Å². The fourth-order valence-electron chi connectivity index (χ4n) is 4.45. The van der Waals surface area contributed by atoms with Crippen molar-refractivity contribution in [1.82, 2.24) is 19.9 Å². The molecule has 0 aliphatic carbocycles. The van der Waals surface area contributed by atoms with Crippen LogP contribution in [0.2, 0.25) is 0 Å². The first-order valence-electron chi connectivity index (χ1n) is 13.9. The van der Waals surface area contributed by atoms with E-state index in [1.807, 2.05) is 32.9 Å². The molecule has 0 bridgehead atoms. The summed E-state index contributed by atoms with van der Waals surface area (Å²) in [5.74, 6) is -0.248. The van der Waals surface area contributed by atoms with E-state index in [1.54, 1.807) is 31.0 Å². The smallest absolute Gasteiger partial charge is 0.328 e. The van der Waals surface area contributed by atoms with Crippen LogP contribution in [0.5, 0.6) is 6.01 Å². The number of aryl methyl sites for hydroxylation is 3. The summed E-state index contributed by atoms with van der Waals surface area (Å²) >= 11 is 0. The van der Waals surface area contributed by atoms with Gasteiger partial charge in [-0.05, 0) is 76.8 Å². The van der Waals surface area contributed by atoms with Crippen LogP contribution in [-0.4, -0.2) is 56.1 Å². The second-order valence-electron chi connectivity index (χ2n) is 10.4. The second-order valence-corrected chi connectivity index (χ2v) is 10.4. The van der Waals surface area contributed by atoms with Gasteiger partial charge in [0.2, 0.25) is 0 Å². The Morgan fingerprint density at radius 2 is 1.80 bits per heavy atom. The maximum atomic E-state index is 13.9. The number of hydrogen-bond acceptors (Lipinski definition) is 8. The number of hydrogen-bond donors (Lipinski definition) is 2. The van der Waals surface area contributed by atoms with Crippen LogP contribution in [0, 0.1) is 20.8 Å². The molecule has 0 spiro atoms. The molecule has 0 aliphatic heterocycles. The number of amides is 2. The van der Waals surface area contributed by atoms with Gasteiger partial charge in [-0.3, -0.25) is 15.2 Å². The summed E-state index contributed by atoms with van der Waals surface area (Å²) < 4.78 is 10.9. The van der Waals surface area contributed by atoms with Gasteiger partial charge < -0.3 is 14.6 Å². The normalized spacial score (nSPS) is 12.2. The minimum absolute atomic E-state index is 0.0562. The van der Waals surface area contributed by atoms with Crippen molar-refractivity contribution in [1.29, 1.82) is 0 Å². The molecule has 0 aliphatic rings. The Hall–Kier alpha value is -3.63. The lowest BCUT2D eigenvalue weighted by molar-refractivity contribution is -0.176. The Kier molecular flexibility index (Phi) is 10.9. The number of pyridine rings is 2. The van der Waals surface area contributed by atoms with Crippen molar-refractivity contribution in [2.24, 2.45) is 0 Å². The van der Waals surface area contributed by atoms with Gasteiger partial charge in [0.1, 0.15) is 11.6 Å². The standard InChI is InChI=1S/C30H42N6O4/c1-8-11-24(9-2)36(27-21(4)18-20(3)26(35-27)23-12-14-31-22(5)19-23)29(37)34-25-13-15-32-28(33-25)39-16-10-17-40-30(6,7)38/h12-15,18-19,24,38H,8-11,16-17H2,1-7H3,(H,32,33,34,37). The highest BCUT2D eigenvalue weighted by molar-refractivity contribution is 6.01. The number of rotatable bonds is 13. The number of anilines is 2. The van der Waals surface area contributed by atoms with Crippen molar-refractivity contribution in [3.8, 4) is 17.3 Å². The van der Waals surface area contributed by atoms with E-state index in [9.17, 15) is 9.90 Å². The van der Waals surface area contributed by atoms with E-state index in [2.05, 4.69) is 40.2 Å². The summed E-state index contributed by atoms with van der Waals surface area (Å²) in [7, 11) is 0. The SMILES string of the molecule is CCCC(CC)N(C(=O)Nc1ccnc(OCCCOC(C)(C)O)n1)c1nc(-c2ccnc(C)c2)c(C)cc1C. The second kappa shape index (κ2) is 14.1. The molecular formula is C30H42N6O4. The fraction of sp³-hybridized carbons (Fsp3) is 0.500. The molecule has 3 heterocycles. The van der Waals surface area contributed by atoms with Crippen LogP contribution in [0.3, 0.4) is 0 Å². The number of nitrogens with one attached hydrogen (secondary N) is 1. The van der Waals surface area contributed by atoms with Gasteiger partial charge in [0.25, 0.3) is 0 Å². The van der Waals surface area contributed by atoms with Crippen molar-refractivity contribution in [3.63, 3.8) is 0 Å². The average molecular weight is 551 g/mol. The Bertz CT molecular complexity index is 1280. The quantitative estimate of drug-likeness (QED) is 0.197. The molecule has 2 amide bonds. The lowest BCUT2D eigenvalue weighted by Gasteiger charge is -2.32. The van der Waals surface area contributed by atoms with Crippen LogP contribution < -0.4 is 15.0 Å². The average Bonchev–Trinajstić information content (AvgIpc) is 2.88. The van der Waals surface area contributed by atoms with Gasteiger partial charge in [0.15, 0.2) is 5.79 Å². The van der Waals surface area contributed by atoms with Crippen LogP contribution in [0.4, 0.5) is 16.4 Å². The number of nitrogens with zero attached hydrogens (tertiary/aromatic N) is 5. The van der Waals surface area contributed by atoms with Crippen LogP contribution in [0.25, 0.3) is 11.3 Å². The van der Waals surface area contributed by atoms with Crippen molar-refractivity contribution in [2.75, 3.05) is 23.4 Å². The summed E-state index contributed by atoms with van der Waals surface area (Å²) in [5.41, 5.74) is 4.62. The first-order chi connectivity index (χ1) is 19.0. The maximum Gasteiger partial charge on any atom is 0.328 e. The van der Waals surface area contributed by atoms with E-state index in [0.29, 0.717) is 31.3 Å². The van der Waals surface area contributed by atoms with Gasteiger partial charge >= 0.3 is 12.0 Å². The van der Waals surface area contributed by atoms with E-state index in [1.165, 1.54) is 6.20 Å². The molecule has 216 valence electrons. The Balaban J connectivity index is 1.86. The Morgan fingerprint density at radius 3 is 2.48 bits per heavy atom. The predicted octanol–water partition coefficient (Wildman–Crippen LogP) is 5.99. The van der Waals surface area contributed by atoms with E-state index in [4.69, 9.17) is 14.5 Å². The molecule has 10 nitrogen and oxygen atoms in total. The highest BCUT2D eigenvalue weighted by Crippen LogP contribution is 2.31. The van der Waals surface area contributed by atoms with Crippen LogP contribution >= 0.6 is 0 Å². The van der Waals surface area contributed by atoms with Crippen LogP contribution in [-0.2, 0) is 4.74 Å². The lowest BCUT2D eigenvalue weighted by Crippen LogP contribution is -2.44. The molecule has 0 saturated carbocycles. The first kappa shape index (κ1) is 30.9. The van der Waals surface area contributed by atoms with E-state index < -0.39 is 5.79 Å². The zero-order valence-electron chi connectivity index (χ0n) is 24.7. The molecule has 0 radical (unpaired) electrons. The highest BCUT2D eigenvalue weighted by Gasteiger charge is 2.28. The summed E-state index contributed by atoms with van der Waals surface area (Å²) in [4.78, 5) is 33.5. The number of aromatic nitrogens is 4. The molecule has 0 saturated heterocycles. The van der Waals surface area contributed by atoms with Gasteiger partial charge in [0, 0.05) is 36.1 Å². The summed E-state index contributed by atoms with van der Waals surface area (Å²) in [6.45, 7) is 13.9. The lowest BCUT2D eigenvalue weighted by atomic mass is 10.0. The van der Waals surface area contributed by atoms with E-state index in [0.717, 1.165) is 47.3 Å². The van der Waals surface area contributed by atoms with Gasteiger partial charge in [-0.1, -0.05) is 26.3 Å². The Morgan fingerprint density at radius 1 is 1.05 bits per heavy atom. The third-order valence-corrected chi connectivity index (χ3v) is 6.30. The molecule has 3 rings (SSSR count). The molecule has 1 atom stereocenters. The predicted molar refractivity (Wildman–Crippen MR) is 157 cm³/mol. The monoisotopic (exact) mass is 550 g/mol. The molecule has 1 unspecified atom stereocenters. The van der Waals surface area contributed by atoms with Crippen molar-refractivity contribution >= 4 is 17.7 Å². The number of urea groups is 1. The zero-order valence-corrected chi connectivity index (χ0v) is 24.7. The fourth-order valence-corrected chi connectivity index (χ4v) is 4.45. The highest BCUT2D eigenvalue weighted by atomic mass is 16.6. The molecule has 0 fully saturated rings. The van der Waals surface area contributed by atoms with Crippen LogP contribution in [0.15, 0.2) is 36.7 Å². The van der Waals surface area contributed by atoms with Gasteiger partial charge in [0.05, 0.1) is 18.9 Å². The number of aliphatic hydroxyl groups is 1. The van der Waals surface area contributed by atoms with Crippen LogP contribution in [0.1, 0.15) is 70.2 Å². The zero-order chi connectivity index (χ0) is 29.3. The third kappa shape index (κ3) is 8.69. The maximum absolute atomic E-state index is 13.9. The summed E-state index contributed by atoms with van der Waals surface area (Å²) in [5, 5.41) is 12.6.